The molecule has 0 saturated carbocycles. The maximum atomic E-state index is 13.9. The lowest BCUT2D eigenvalue weighted by Gasteiger charge is -2.30. The molecular weight excluding hydrogens is 622 g/mol. The number of imide groups is 1. The van der Waals surface area contributed by atoms with Crippen molar-refractivity contribution in [2.75, 3.05) is 17.3 Å². The largest absolute Gasteiger partial charge is 0.497 e. The first-order chi connectivity index (χ1) is 21.0. The molecular formula is C30H21F4N3O5S2. The van der Waals surface area contributed by atoms with Crippen LogP contribution in [0.15, 0.2) is 82.6 Å². The minimum absolute atomic E-state index is 0.188. The first kappa shape index (κ1) is 29.6. The number of carbonyl (C=O) groups excluding carboxylic acids is 3. The van der Waals surface area contributed by atoms with Crippen LogP contribution in [0.1, 0.15) is 21.9 Å². The first-order valence-corrected chi connectivity index (χ1v) is 14.8. The molecule has 1 fully saturated rings. The maximum absolute atomic E-state index is 13.9. The summed E-state index contributed by atoms with van der Waals surface area (Å²) in [6.07, 6.45) is -4.72. The number of rotatable bonds is 6. The fraction of sp³-hybridized carbons (Fsp3) is 0.200. The highest BCUT2D eigenvalue weighted by Gasteiger charge is 2.56. The minimum Gasteiger partial charge on any atom is -0.497 e. The van der Waals surface area contributed by atoms with Crippen LogP contribution in [0.4, 0.5) is 28.9 Å². The van der Waals surface area contributed by atoms with Crippen molar-refractivity contribution in [2.24, 2.45) is 5.92 Å². The van der Waals surface area contributed by atoms with Gasteiger partial charge in [0, 0.05) is 10.8 Å². The van der Waals surface area contributed by atoms with Crippen LogP contribution in [0.5, 0.6) is 5.75 Å². The number of nitrogens with zero attached hydrogens (tertiary/aromatic N) is 2. The van der Waals surface area contributed by atoms with E-state index < -0.39 is 69.5 Å². The molecule has 8 nitrogen and oxygen atoms in total. The van der Waals surface area contributed by atoms with E-state index in [4.69, 9.17) is 4.74 Å². The Kier molecular flexibility index (Phi) is 7.58. The van der Waals surface area contributed by atoms with Crippen molar-refractivity contribution in [2.45, 2.75) is 28.9 Å². The quantitative estimate of drug-likeness (QED) is 0.220. The van der Waals surface area contributed by atoms with Crippen molar-refractivity contribution in [3.05, 3.63) is 104 Å². The fourth-order valence-electron chi connectivity index (χ4n) is 5.44. The van der Waals surface area contributed by atoms with Crippen molar-refractivity contribution in [1.29, 1.82) is 0 Å². The number of thiazole rings is 1. The van der Waals surface area contributed by atoms with E-state index in [1.165, 1.54) is 31.4 Å². The van der Waals surface area contributed by atoms with Crippen molar-refractivity contribution in [1.82, 2.24) is 4.57 Å². The zero-order valence-corrected chi connectivity index (χ0v) is 24.3. The number of benzene rings is 3. The number of alkyl halides is 3. The van der Waals surface area contributed by atoms with Crippen molar-refractivity contribution < 1.29 is 36.7 Å². The second kappa shape index (κ2) is 11.2. The topological polar surface area (TPSA) is 97.7 Å². The molecule has 3 heterocycles. The number of nitrogens with one attached hydrogen (secondary N) is 1. The Morgan fingerprint density at radius 1 is 0.955 bits per heavy atom. The summed E-state index contributed by atoms with van der Waals surface area (Å²) in [5.74, 6) is -3.68. The van der Waals surface area contributed by atoms with E-state index in [1.807, 2.05) is 0 Å². The molecule has 14 heteroatoms. The second-order valence-electron chi connectivity index (χ2n) is 10.0. The van der Waals surface area contributed by atoms with Gasteiger partial charge in [-0.3, -0.25) is 23.7 Å². The molecule has 1 aromatic heterocycles. The number of aromatic nitrogens is 1. The molecule has 0 aliphatic carbocycles. The lowest BCUT2D eigenvalue weighted by molar-refractivity contribution is -0.137. The maximum Gasteiger partial charge on any atom is 0.418 e. The number of fused-ring (bicyclic) bond motifs is 2. The van der Waals surface area contributed by atoms with Crippen molar-refractivity contribution >= 4 is 52.2 Å². The number of methoxy groups -OCH3 is 1. The van der Waals surface area contributed by atoms with Crippen LogP contribution in [-0.2, 0) is 27.1 Å². The molecule has 0 spiro atoms. The second-order valence-corrected chi connectivity index (χ2v) is 12.1. The first-order valence-electron chi connectivity index (χ1n) is 13.1. The summed E-state index contributed by atoms with van der Waals surface area (Å²) in [6, 6.07) is 16.2. The summed E-state index contributed by atoms with van der Waals surface area (Å²) in [5, 5.41) is 1.51. The molecule has 226 valence electrons. The number of anilines is 2. The van der Waals surface area contributed by atoms with Crippen LogP contribution in [0, 0.1) is 11.7 Å². The number of ether oxygens (including phenoxy) is 1. The van der Waals surface area contributed by atoms with E-state index in [1.54, 1.807) is 24.3 Å². The summed E-state index contributed by atoms with van der Waals surface area (Å²) in [7, 11) is 1.49. The van der Waals surface area contributed by atoms with Gasteiger partial charge in [-0.2, -0.15) is 13.2 Å². The van der Waals surface area contributed by atoms with Crippen molar-refractivity contribution in [3.63, 3.8) is 0 Å². The third kappa shape index (κ3) is 5.17. The molecule has 2 aliphatic rings. The molecule has 2 aliphatic heterocycles. The van der Waals surface area contributed by atoms with E-state index in [0.717, 1.165) is 56.8 Å². The molecule has 44 heavy (non-hydrogen) atoms. The Hall–Kier alpha value is -4.43. The summed E-state index contributed by atoms with van der Waals surface area (Å²) in [4.78, 5) is 54.8. The third-order valence-corrected chi connectivity index (χ3v) is 10.0. The molecule has 4 aromatic rings. The van der Waals surface area contributed by atoms with Crippen LogP contribution in [0.25, 0.3) is 0 Å². The number of carbonyl (C=O) groups is 3. The highest BCUT2D eigenvalue weighted by molar-refractivity contribution is 8.00. The lowest BCUT2D eigenvalue weighted by atomic mass is 9.83. The Morgan fingerprint density at radius 3 is 2.30 bits per heavy atom. The van der Waals surface area contributed by atoms with Gasteiger partial charge in [0.05, 0.1) is 35.0 Å². The van der Waals surface area contributed by atoms with Crippen LogP contribution in [0.3, 0.4) is 0 Å². The Balaban J connectivity index is 1.40. The van der Waals surface area contributed by atoms with Gasteiger partial charge in [-0.1, -0.05) is 47.4 Å². The van der Waals surface area contributed by atoms with E-state index >= 15 is 0 Å². The van der Waals surface area contributed by atoms with Crippen LogP contribution < -0.4 is 19.8 Å². The fourth-order valence-corrected chi connectivity index (χ4v) is 8.22. The smallest absolute Gasteiger partial charge is 0.418 e. The normalized spacial score (nSPS) is 19.5. The summed E-state index contributed by atoms with van der Waals surface area (Å²) in [6.45, 7) is -0.625. The molecule has 1 N–H and O–H groups in total. The summed E-state index contributed by atoms with van der Waals surface area (Å²) in [5.41, 5.74) is -0.701. The monoisotopic (exact) mass is 643 g/mol. The number of para-hydroxylation sites is 1. The molecule has 3 aromatic carbocycles. The predicted molar refractivity (Wildman–Crippen MR) is 156 cm³/mol. The number of hydrogen-bond acceptors (Lipinski definition) is 7. The number of halogens is 4. The van der Waals surface area contributed by atoms with E-state index in [-0.39, 0.29) is 10.7 Å². The summed E-state index contributed by atoms with van der Waals surface area (Å²) >= 11 is 1.75. The number of hydrogen-bond donors (Lipinski definition) is 1. The molecule has 0 radical (unpaired) electrons. The highest BCUT2D eigenvalue weighted by atomic mass is 32.2. The van der Waals surface area contributed by atoms with Crippen molar-refractivity contribution in [3.8, 4) is 5.75 Å². The average molecular weight is 644 g/mol. The van der Waals surface area contributed by atoms with E-state index in [9.17, 15) is 36.7 Å². The van der Waals surface area contributed by atoms with Crippen LogP contribution in [0.2, 0.25) is 0 Å². The van der Waals surface area contributed by atoms with Gasteiger partial charge in [0.1, 0.15) is 23.4 Å². The SMILES string of the molecule is COc1ccc(C2c3sc(=O)n(CC(=O)Nc4ccccc4C(F)(F)F)c3SC3C(=O)N(c4ccc(F)cc4)C(=O)C32)cc1. The van der Waals surface area contributed by atoms with Gasteiger partial charge in [0.2, 0.25) is 17.7 Å². The standard InChI is InChI=1S/C30H21F4N3O5S2/c1-42-18-12-6-15(7-13-18)22-23-24(27(40)37(26(23)39)17-10-8-16(31)9-11-17)43-28-25(22)44-29(41)36(28)14-21(38)35-20-5-3-2-4-19(20)30(32,33)34/h2-13,22-24H,14H2,1H3,(H,35,38). The zero-order valence-electron chi connectivity index (χ0n) is 22.6. The Morgan fingerprint density at radius 2 is 1.64 bits per heavy atom. The van der Waals surface area contributed by atoms with Gasteiger partial charge in [-0.25, -0.2) is 9.29 Å². The number of amides is 3. The van der Waals surface area contributed by atoms with Gasteiger partial charge in [-0.05, 0) is 54.1 Å². The van der Waals surface area contributed by atoms with Gasteiger partial charge >= 0.3 is 11.0 Å². The van der Waals surface area contributed by atoms with Gasteiger partial charge < -0.3 is 10.1 Å². The number of thioether (sulfide) groups is 1. The zero-order chi connectivity index (χ0) is 31.3. The Bertz CT molecular complexity index is 1840. The van der Waals surface area contributed by atoms with Crippen LogP contribution in [-0.4, -0.2) is 34.6 Å². The lowest BCUT2D eigenvalue weighted by Crippen LogP contribution is -2.33. The third-order valence-electron chi connectivity index (χ3n) is 7.42. The molecule has 6 rings (SSSR count). The minimum atomic E-state index is -4.72. The van der Waals surface area contributed by atoms with E-state index in [0.29, 0.717) is 16.2 Å². The van der Waals surface area contributed by atoms with E-state index in [2.05, 4.69) is 5.32 Å². The highest BCUT2D eigenvalue weighted by Crippen LogP contribution is 2.54. The molecule has 3 amide bonds. The van der Waals surface area contributed by atoms with Gasteiger partial charge in [0.15, 0.2) is 0 Å². The molecule has 0 bridgehead atoms. The molecule has 3 atom stereocenters. The summed E-state index contributed by atoms with van der Waals surface area (Å²) < 4.78 is 60.4. The Labute approximate surface area is 255 Å². The van der Waals surface area contributed by atoms with Gasteiger partial charge in [-0.15, -0.1) is 0 Å². The van der Waals surface area contributed by atoms with Crippen LogP contribution >= 0.6 is 23.1 Å². The average Bonchev–Trinajstić information content (AvgIpc) is 3.43. The van der Waals surface area contributed by atoms with Gasteiger partial charge in [0.25, 0.3) is 0 Å². The molecule has 1 saturated heterocycles. The predicted octanol–water partition coefficient (Wildman–Crippen LogP) is 5.51. The molecule has 3 unspecified atom stereocenters.